The topological polar surface area (TPSA) is 39.4 Å². The molecule has 1 aromatic heterocycles. The summed E-state index contributed by atoms with van der Waals surface area (Å²) in [5.41, 5.74) is 3.48. The molecule has 24 heavy (non-hydrogen) atoms. The molecule has 0 atom stereocenters. The Morgan fingerprint density at radius 3 is 2.83 bits per heavy atom. The Labute approximate surface area is 142 Å². The lowest BCUT2D eigenvalue weighted by Crippen LogP contribution is -2.47. The minimum atomic E-state index is 0.728. The Morgan fingerprint density at radius 1 is 1.38 bits per heavy atom. The van der Waals surface area contributed by atoms with E-state index in [-0.39, 0.29) is 0 Å². The average Bonchev–Trinajstić information content (AvgIpc) is 2.97. The van der Waals surface area contributed by atoms with E-state index in [2.05, 4.69) is 46.5 Å². The van der Waals surface area contributed by atoms with Crippen molar-refractivity contribution in [3.8, 4) is 5.75 Å². The van der Waals surface area contributed by atoms with Crippen LogP contribution in [0.15, 0.2) is 23.2 Å². The van der Waals surface area contributed by atoms with Crippen molar-refractivity contribution in [3.05, 3.63) is 51.2 Å². The van der Waals surface area contributed by atoms with Gasteiger partial charge >= 0.3 is 0 Å². The molecule has 124 valence electrons. The molecule has 1 aliphatic rings. The van der Waals surface area contributed by atoms with E-state index in [1.807, 2.05) is 13.8 Å². The highest BCUT2D eigenvalue weighted by Crippen LogP contribution is 2.27. The van der Waals surface area contributed by atoms with Gasteiger partial charge in [-0.05, 0) is 49.1 Å². The van der Waals surface area contributed by atoms with Crippen LogP contribution in [-0.2, 0) is 6.54 Å². The highest BCUT2D eigenvalue weighted by atomic mass is 16.5. The third-order valence-corrected chi connectivity index (χ3v) is 4.47. The van der Waals surface area contributed by atoms with E-state index in [4.69, 9.17) is 9.72 Å². The zero-order chi connectivity index (χ0) is 17.3. The van der Waals surface area contributed by atoms with Gasteiger partial charge in [0.25, 0.3) is 0 Å². The minimum Gasteiger partial charge on any atom is -0.496 e. The summed E-state index contributed by atoms with van der Waals surface area (Å²) in [6, 6.07) is 6.26. The lowest BCUT2D eigenvalue weighted by molar-refractivity contribution is 0.411. The first-order valence-corrected chi connectivity index (χ1v) is 8.13. The van der Waals surface area contributed by atoms with Gasteiger partial charge in [-0.1, -0.05) is 24.8 Å². The predicted octanol–water partition coefficient (Wildman–Crippen LogP) is 1.89. The smallest absolute Gasteiger partial charge is 0.137 e. The van der Waals surface area contributed by atoms with Crippen molar-refractivity contribution in [2.24, 2.45) is 4.99 Å². The van der Waals surface area contributed by atoms with Gasteiger partial charge in [0.2, 0.25) is 0 Å². The largest absolute Gasteiger partial charge is 0.496 e. The molecule has 0 saturated carbocycles. The Kier molecular flexibility index (Phi) is 4.38. The molecule has 0 spiro atoms. The number of nitrogens with zero attached hydrogens (tertiary/aromatic N) is 3. The molecule has 4 heteroatoms. The lowest BCUT2D eigenvalue weighted by atomic mass is 10.1. The van der Waals surface area contributed by atoms with Gasteiger partial charge in [-0.2, -0.15) is 0 Å². The van der Waals surface area contributed by atoms with Crippen molar-refractivity contribution >= 4 is 24.3 Å². The molecule has 0 bridgehead atoms. The van der Waals surface area contributed by atoms with Gasteiger partial charge in [0.1, 0.15) is 16.9 Å². The molecular formula is C20H23N3O. The summed E-state index contributed by atoms with van der Waals surface area (Å²) in [5.74, 6) is 1.89. The van der Waals surface area contributed by atoms with Crippen LogP contribution in [0.25, 0.3) is 24.3 Å². The molecule has 0 aliphatic carbocycles. The number of rotatable bonds is 2. The number of benzene rings is 1. The number of fused-ring (bicyclic) bond motifs is 1. The van der Waals surface area contributed by atoms with E-state index >= 15 is 0 Å². The molecule has 4 nitrogen and oxygen atoms in total. The number of ether oxygens (including phenoxy) is 1. The van der Waals surface area contributed by atoms with E-state index in [1.165, 1.54) is 5.57 Å². The molecule has 0 fully saturated rings. The number of aryl methyl sites for hydroxylation is 1. The maximum absolute atomic E-state index is 5.43. The van der Waals surface area contributed by atoms with Crippen LogP contribution in [0.5, 0.6) is 5.75 Å². The number of hydrogen-bond donors (Lipinski definition) is 0. The lowest BCUT2D eigenvalue weighted by Gasteiger charge is -2.07. The number of hydrogen-bond acceptors (Lipinski definition) is 3. The average molecular weight is 321 g/mol. The van der Waals surface area contributed by atoms with Gasteiger partial charge in [0.05, 0.1) is 17.8 Å². The van der Waals surface area contributed by atoms with Crippen LogP contribution in [0.3, 0.4) is 0 Å². The first-order chi connectivity index (χ1) is 11.6. The van der Waals surface area contributed by atoms with Crippen LogP contribution in [-0.4, -0.2) is 23.7 Å². The summed E-state index contributed by atoms with van der Waals surface area (Å²) in [5, 5.41) is 2.70. The normalized spacial score (nSPS) is 16.8. The maximum Gasteiger partial charge on any atom is 0.137 e. The molecule has 0 amide bonds. The summed E-state index contributed by atoms with van der Waals surface area (Å²) in [6.07, 6.45) is 5.23. The van der Waals surface area contributed by atoms with Crippen LogP contribution in [0.1, 0.15) is 30.3 Å². The SMILES string of the molecule is C=c1nc2n(c(=C/C)/c1=N\C)CC/C2=C\c1ccc(C)c(OC)c1. The minimum absolute atomic E-state index is 0.728. The van der Waals surface area contributed by atoms with Crippen molar-refractivity contribution in [1.29, 1.82) is 0 Å². The van der Waals surface area contributed by atoms with Crippen LogP contribution in [0, 0.1) is 6.92 Å². The number of aromatic nitrogens is 2. The molecule has 2 heterocycles. The van der Waals surface area contributed by atoms with E-state index in [1.54, 1.807) is 14.2 Å². The van der Waals surface area contributed by atoms with Crippen LogP contribution in [0.4, 0.5) is 0 Å². The van der Waals surface area contributed by atoms with Crippen molar-refractivity contribution < 1.29 is 4.74 Å². The predicted molar refractivity (Wildman–Crippen MR) is 98.8 cm³/mol. The molecule has 1 aliphatic heterocycles. The van der Waals surface area contributed by atoms with Crippen LogP contribution in [0.2, 0.25) is 0 Å². The van der Waals surface area contributed by atoms with Gasteiger partial charge in [-0.25, -0.2) is 4.98 Å². The van der Waals surface area contributed by atoms with E-state index < -0.39 is 0 Å². The zero-order valence-electron chi connectivity index (χ0n) is 14.8. The zero-order valence-corrected chi connectivity index (χ0v) is 14.8. The Hall–Kier alpha value is -2.62. The molecule has 0 unspecified atom stereocenters. The van der Waals surface area contributed by atoms with Gasteiger partial charge in [0.15, 0.2) is 0 Å². The summed E-state index contributed by atoms with van der Waals surface area (Å²) >= 11 is 0. The Bertz CT molecular complexity index is 997. The fraction of sp³-hybridized carbons (Fsp3) is 0.300. The van der Waals surface area contributed by atoms with Gasteiger partial charge < -0.3 is 9.30 Å². The van der Waals surface area contributed by atoms with Crippen molar-refractivity contribution in [3.63, 3.8) is 0 Å². The van der Waals surface area contributed by atoms with Crippen LogP contribution >= 0.6 is 0 Å². The quantitative estimate of drug-likeness (QED) is 0.847. The third kappa shape index (κ3) is 2.68. The van der Waals surface area contributed by atoms with Gasteiger partial charge in [0, 0.05) is 13.6 Å². The molecular weight excluding hydrogens is 298 g/mol. The van der Waals surface area contributed by atoms with E-state index in [0.29, 0.717) is 0 Å². The van der Waals surface area contributed by atoms with Crippen molar-refractivity contribution in [2.45, 2.75) is 26.8 Å². The van der Waals surface area contributed by atoms with Crippen molar-refractivity contribution in [1.82, 2.24) is 9.55 Å². The third-order valence-electron chi connectivity index (χ3n) is 4.47. The second-order valence-electron chi connectivity index (χ2n) is 5.93. The molecule has 0 saturated heterocycles. The first kappa shape index (κ1) is 16.2. The number of methoxy groups -OCH3 is 1. The van der Waals surface area contributed by atoms with Crippen LogP contribution < -0.4 is 20.8 Å². The second kappa shape index (κ2) is 6.48. The van der Waals surface area contributed by atoms with Crippen molar-refractivity contribution in [2.75, 3.05) is 14.2 Å². The van der Waals surface area contributed by atoms with E-state index in [9.17, 15) is 0 Å². The summed E-state index contributed by atoms with van der Waals surface area (Å²) < 4.78 is 7.66. The molecule has 2 aromatic rings. The fourth-order valence-corrected chi connectivity index (χ4v) is 3.25. The highest BCUT2D eigenvalue weighted by molar-refractivity contribution is 5.80. The Balaban J connectivity index is 2.17. The molecule has 0 N–H and O–H groups in total. The number of allylic oxidation sites excluding steroid dienone is 1. The monoisotopic (exact) mass is 321 g/mol. The van der Waals surface area contributed by atoms with Gasteiger partial charge in [-0.3, -0.25) is 4.99 Å². The standard InChI is InChI=1S/C20H23N3O/c1-6-17-19(21-4)14(3)22-20-16(9-10-23(17)20)11-15-8-7-13(2)18(12-15)24-5/h6-8,11-12H,3,9-10H2,1-2,4-5H3/b16-11+,17-6+,21-19-. The summed E-state index contributed by atoms with van der Waals surface area (Å²) in [4.78, 5) is 9.06. The summed E-state index contributed by atoms with van der Waals surface area (Å²) in [6.45, 7) is 9.07. The van der Waals surface area contributed by atoms with Gasteiger partial charge in [-0.15, -0.1) is 0 Å². The molecule has 1 aromatic carbocycles. The fourth-order valence-electron chi connectivity index (χ4n) is 3.25. The Morgan fingerprint density at radius 2 is 2.17 bits per heavy atom. The molecule has 3 rings (SSSR count). The first-order valence-electron chi connectivity index (χ1n) is 8.13. The maximum atomic E-state index is 5.43. The van der Waals surface area contributed by atoms with E-state index in [0.717, 1.165) is 51.7 Å². The second-order valence-corrected chi connectivity index (χ2v) is 5.93. The molecule has 0 radical (unpaired) electrons. The highest BCUT2D eigenvalue weighted by Gasteiger charge is 2.18. The summed E-state index contributed by atoms with van der Waals surface area (Å²) in [7, 11) is 3.49.